The molecule has 3 rings (SSSR count). The number of nitrogen functional groups attached to an aromatic ring is 1. The molecule has 0 aliphatic carbocycles. The van der Waals surface area contributed by atoms with E-state index in [4.69, 9.17) is 5.84 Å². The van der Waals surface area contributed by atoms with Crippen LogP contribution in [-0.4, -0.2) is 26.1 Å². The van der Waals surface area contributed by atoms with Crippen LogP contribution in [0.1, 0.15) is 6.42 Å². The van der Waals surface area contributed by atoms with Crippen LogP contribution in [0.25, 0.3) is 10.9 Å². The maximum Gasteiger partial charge on any atom is 0.239 e. The Kier molecular flexibility index (Phi) is 3.92. The zero-order valence-corrected chi connectivity index (χ0v) is 11.5. The molecule has 21 heavy (non-hydrogen) atoms. The van der Waals surface area contributed by atoms with Crippen LogP contribution < -0.4 is 16.6 Å². The molecule has 2 heterocycles. The summed E-state index contributed by atoms with van der Waals surface area (Å²) in [7, 11) is 0. The molecule has 2 aromatic heterocycles. The lowest BCUT2D eigenvalue weighted by Gasteiger charge is -2.10. The molecule has 0 amide bonds. The van der Waals surface area contributed by atoms with E-state index >= 15 is 0 Å². The fourth-order valence-electron chi connectivity index (χ4n) is 2.16. The maximum atomic E-state index is 5.42. The number of imidazole rings is 1. The highest BCUT2D eigenvalue weighted by Gasteiger charge is 2.06. The maximum absolute atomic E-state index is 5.42. The summed E-state index contributed by atoms with van der Waals surface area (Å²) in [5.74, 6) is 6.61. The van der Waals surface area contributed by atoms with Crippen molar-refractivity contribution in [2.45, 2.75) is 13.0 Å². The molecule has 7 nitrogen and oxygen atoms in total. The van der Waals surface area contributed by atoms with Gasteiger partial charge in [0.05, 0.1) is 11.8 Å². The lowest BCUT2D eigenvalue weighted by Crippen LogP contribution is -2.13. The van der Waals surface area contributed by atoms with Gasteiger partial charge in [-0.05, 0) is 18.6 Å². The molecule has 0 bridgehead atoms. The average molecular weight is 283 g/mol. The Morgan fingerprint density at radius 1 is 1.19 bits per heavy atom. The first-order valence-electron chi connectivity index (χ1n) is 6.80. The van der Waals surface area contributed by atoms with Gasteiger partial charge >= 0.3 is 0 Å². The Labute approximate surface area is 122 Å². The second-order valence-corrected chi connectivity index (χ2v) is 4.64. The molecule has 0 saturated carbocycles. The molecule has 108 valence electrons. The first kappa shape index (κ1) is 13.3. The third-order valence-electron chi connectivity index (χ3n) is 3.18. The summed E-state index contributed by atoms with van der Waals surface area (Å²) >= 11 is 0. The highest BCUT2D eigenvalue weighted by Crippen LogP contribution is 2.21. The molecule has 0 fully saturated rings. The predicted octanol–water partition coefficient (Wildman–Crippen LogP) is 1.61. The predicted molar refractivity (Wildman–Crippen MR) is 82.7 cm³/mol. The van der Waals surface area contributed by atoms with Crippen LogP contribution in [0, 0.1) is 0 Å². The van der Waals surface area contributed by atoms with Crippen molar-refractivity contribution in [2.24, 2.45) is 5.84 Å². The SMILES string of the molecule is NNc1nc(NCCCn2ccnc2)c2ccccc2n1. The minimum Gasteiger partial charge on any atom is -0.369 e. The highest BCUT2D eigenvalue weighted by atomic mass is 15.3. The van der Waals surface area contributed by atoms with Gasteiger partial charge in [0.1, 0.15) is 5.82 Å². The summed E-state index contributed by atoms with van der Waals surface area (Å²) in [4.78, 5) is 12.7. The first-order valence-corrected chi connectivity index (χ1v) is 6.80. The molecule has 1 aromatic carbocycles. The molecule has 0 aliphatic heterocycles. The van der Waals surface area contributed by atoms with Crippen LogP contribution in [-0.2, 0) is 6.54 Å². The van der Waals surface area contributed by atoms with Crippen molar-refractivity contribution in [2.75, 3.05) is 17.3 Å². The third-order valence-corrected chi connectivity index (χ3v) is 3.18. The number of hydrogen-bond acceptors (Lipinski definition) is 6. The third kappa shape index (κ3) is 3.09. The number of para-hydroxylation sites is 1. The summed E-state index contributed by atoms with van der Waals surface area (Å²) in [6.45, 7) is 1.72. The van der Waals surface area contributed by atoms with Crippen molar-refractivity contribution in [3.63, 3.8) is 0 Å². The minimum absolute atomic E-state index is 0.408. The number of nitrogens with two attached hydrogens (primary N) is 1. The number of nitrogens with zero attached hydrogens (tertiary/aromatic N) is 4. The Balaban J connectivity index is 1.70. The summed E-state index contributed by atoms with van der Waals surface area (Å²) in [6, 6.07) is 7.85. The number of anilines is 2. The van der Waals surface area contributed by atoms with Crippen LogP contribution in [0.2, 0.25) is 0 Å². The van der Waals surface area contributed by atoms with Crippen LogP contribution >= 0.6 is 0 Å². The smallest absolute Gasteiger partial charge is 0.239 e. The van der Waals surface area contributed by atoms with Gasteiger partial charge < -0.3 is 9.88 Å². The molecule has 0 atom stereocenters. The number of aromatic nitrogens is 4. The summed E-state index contributed by atoms with van der Waals surface area (Å²) in [6.07, 6.45) is 6.53. The van der Waals surface area contributed by atoms with Crippen molar-refractivity contribution >= 4 is 22.7 Å². The van der Waals surface area contributed by atoms with E-state index < -0.39 is 0 Å². The molecule has 0 radical (unpaired) electrons. The molecule has 0 aliphatic rings. The zero-order valence-electron chi connectivity index (χ0n) is 11.5. The lowest BCUT2D eigenvalue weighted by atomic mass is 10.2. The largest absolute Gasteiger partial charge is 0.369 e. The van der Waals surface area contributed by atoms with Gasteiger partial charge in [-0.25, -0.2) is 15.8 Å². The Bertz CT molecular complexity index is 708. The van der Waals surface area contributed by atoms with Gasteiger partial charge in [0, 0.05) is 30.9 Å². The normalized spacial score (nSPS) is 10.7. The molecule has 0 saturated heterocycles. The number of hydrogen-bond donors (Lipinski definition) is 3. The fraction of sp³-hybridized carbons (Fsp3) is 0.214. The van der Waals surface area contributed by atoms with Crippen LogP contribution in [0.5, 0.6) is 0 Å². The standard InChI is InChI=1S/C14H17N7/c15-20-14-18-12-5-2-1-4-11(12)13(19-14)17-6-3-8-21-9-7-16-10-21/h1-2,4-5,7,9-10H,3,6,8,15H2,(H2,17,18,19,20). The topological polar surface area (TPSA) is 93.7 Å². The lowest BCUT2D eigenvalue weighted by molar-refractivity contribution is 0.660. The fourth-order valence-corrected chi connectivity index (χ4v) is 2.16. The van der Waals surface area contributed by atoms with Gasteiger partial charge in [0.25, 0.3) is 0 Å². The second-order valence-electron chi connectivity index (χ2n) is 4.64. The number of nitrogens with one attached hydrogen (secondary N) is 2. The summed E-state index contributed by atoms with van der Waals surface area (Å²) < 4.78 is 2.05. The summed E-state index contributed by atoms with van der Waals surface area (Å²) in [5, 5.41) is 4.33. The zero-order chi connectivity index (χ0) is 14.5. The van der Waals surface area contributed by atoms with E-state index in [2.05, 4.69) is 25.7 Å². The molecule has 7 heteroatoms. The Morgan fingerprint density at radius 3 is 2.90 bits per heavy atom. The van der Waals surface area contributed by atoms with Crippen molar-refractivity contribution < 1.29 is 0 Å². The van der Waals surface area contributed by atoms with Gasteiger partial charge in [-0.2, -0.15) is 4.98 Å². The van der Waals surface area contributed by atoms with Crippen molar-refractivity contribution in [3.8, 4) is 0 Å². The van der Waals surface area contributed by atoms with E-state index in [0.29, 0.717) is 5.95 Å². The molecular formula is C14H17N7. The number of benzene rings is 1. The van der Waals surface area contributed by atoms with Crippen LogP contribution in [0.4, 0.5) is 11.8 Å². The summed E-state index contributed by atoms with van der Waals surface area (Å²) in [5.41, 5.74) is 3.36. The van der Waals surface area contributed by atoms with Crippen molar-refractivity contribution in [3.05, 3.63) is 43.0 Å². The molecule has 0 unspecified atom stereocenters. The highest BCUT2D eigenvalue weighted by molar-refractivity contribution is 5.89. The van der Waals surface area contributed by atoms with E-state index in [1.165, 1.54) is 0 Å². The second kappa shape index (κ2) is 6.19. The van der Waals surface area contributed by atoms with E-state index in [-0.39, 0.29) is 0 Å². The van der Waals surface area contributed by atoms with Crippen molar-refractivity contribution in [1.82, 2.24) is 19.5 Å². The van der Waals surface area contributed by atoms with Gasteiger partial charge in [0.15, 0.2) is 0 Å². The quantitative estimate of drug-likeness (QED) is 0.361. The average Bonchev–Trinajstić information content (AvgIpc) is 3.04. The van der Waals surface area contributed by atoms with Crippen molar-refractivity contribution in [1.29, 1.82) is 0 Å². The number of hydrazine groups is 1. The Hall–Kier alpha value is -2.67. The Morgan fingerprint density at radius 2 is 2.10 bits per heavy atom. The van der Waals surface area contributed by atoms with E-state index in [1.54, 1.807) is 6.20 Å². The minimum atomic E-state index is 0.408. The molecule has 0 spiro atoms. The number of aryl methyl sites for hydroxylation is 1. The van der Waals surface area contributed by atoms with Crippen LogP contribution in [0.15, 0.2) is 43.0 Å². The first-order chi connectivity index (χ1) is 10.4. The number of fused-ring (bicyclic) bond motifs is 1. The van der Waals surface area contributed by atoms with E-state index in [0.717, 1.165) is 36.2 Å². The molecule has 4 N–H and O–H groups in total. The van der Waals surface area contributed by atoms with Gasteiger partial charge in [0.2, 0.25) is 5.95 Å². The number of rotatable bonds is 6. The molecular weight excluding hydrogens is 266 g/mol. The molecule has 3 aromatic rings. The van der Waals surface area contributed by atoms with Gasteiger partial charge in [-0.15, -0.1) is 0 Å². The van der Waals surface area contributed by atoms with Gasteiger partial charge in [-0.1, -0.05) is 12.1 Å². The monoisotopic (exact) mass is 283 g/mol. The van der Waals surface area contributed by atoms with E-state index in [1.807, 2.05) is 41.4 Å². The van der Waals surface area contributed by atoms with Gasteiger partial charge in [-0.3, -0.25) is 5.43 Å². The van der Waals surface area contributed by atoms with E-state index in [9.17, 15) is 0 Å². The van der Waals surface area contributed by atoms with Crippen LogP contribution in [0.3, 0.4) is 0 Å².